The largest absolute Gasteiger partial charge is 0.495 e. The maximum atomic E-state index is 12.8. The van der Waals surface area contributed by atoms with Gasteiger partial charge in [0.25, 0.3) is 5.69 Å². The summed E-state index contributed by atoms with van der Waals surface area (Å²) in [6.07, 6.45) is 0. The van der Waals surface area contributed by atoms with Crippen molar-refractivity contribution < 1.29 is 23.9 Å². The number of thiophene rings is 1. The molecule has 1 aromatic heterocycles. The second kappa shape index (κ2) is 7.01. The van der Waals surface area contributed by atoms with Gasteiger partial charge in [-0.25, -0.2) is 0 Å². The van der Waals surface area contributed by atoms with E-state index in [1.54, 1.807) is 24.3 Å². The van der Waals surface area contributed by atoms with Gasteiger partial charge in [-0.3, -0.25) is 14.9 Å². The second-order valence-corrected chi connectivity index (χ2v) is 6.39. The van der Waals surface area contributed by atoms with E-state index in [2.05, 4.69) is 0 Å². The standard InChI is InChI=1S/C18H15NO6S/c1-23-13-5-4-10(7-14(13)24-2)17(20)16-8-11-6-12(19(21)22)9-15(25-3)18(11)26-16/h4-9H,1-3H3. The fraction of sp³-hybridized carbons (Fsp3) is 0.167. The van der Waals surface area contributed by atoms with Crippen LogP contribution in [-0.4, -0.2) is 32.0 Å². The lowest BCUT2D eigenvalue weighted by molar-refractivity contribution is -0.384. The molecule has 0 saturated carbocycles. The Hall–Kier alpha value is -3.13. The lowest BCUT2D eigenvalue weighted by Crippen LogP contribution is -2.00. The molecule has 0 aliphatic heterocycles. The average Bonchev–Trinajstić information content (AvgIpc) is 3.10. The molecule has 0 radical (unpaired) electrons. The lowest BCUT2D eigenvalue weighted by Gasteiger charge is -2.08. The predicted molar refractivity (Wildman–Crippen MR) is 98.0 cm³/mol. The number of benzene rings is 2. The van der Waals surface area contributed by atoms with E-state index < -0.39 is 4.92 Å². The zero-order valence-electron chi connectivity index (χ0n) is 14.3. The van der Waals surface area contributed by atoms with Gasteiger partial charge in [0, 0.05) is 17.0 Å². The van der Waals surface area contributed by atoms with Gasteiger partial charge >= 0.3 is 0 Å². The molecule has 26 heavy (non-hydrogen) atoms. The zero-order valence-corrected chi connectivity index (χ0v) is 15.1. The van der Waals surface area contributed by atoms with Gasteiger partial charge in [0.15, 0.2) is 11.5 Å². The van der Waals surface area contributed by atoms with E-state index in [1.165, 1.54) is 44.8 Å². The summed E-state index contributed by atoms with van der Waals surface area (Å²) in [5.41, 5.74) is 0.347. The molecular formula is C18H15NO6S. The van der Waals surface area contributed by atoms with Gasteiger partial charge < -0.3 is 14.2 Å². The molecule has 0 aliphatic rings. The van der Waals surface area contributed by atoms with E-state index in [0.717, 1.165) is 0 Å². The Morgan fingerprint density at radius 2 is 1.65 bits per heavy atom. The van der Waals surface area contributed by atoms with Gasteiger partial charge in [0.05, 0.1) is 41.9 Å². The number of fused-ring (bicyclic) bond motifs is 1. The monoisotopic (exact) mass is 373 g/mol. The molecule has 0 saturated heterocycles. The second-order valence-electron chi connectivity index (χ2n) is 5.33. The van der Waals surface area contributed by atoms with Crippen molar-refractivity contribution in [1.82, 2.24) is 0 Å². The van der Waals surface area contributed by atoms with E-state index >= 15 is 0 Å². The molecule has 1 heterocycles. The van der Waals surface area contributed by atoms with Crippen LogP contribution in [0.1, 0.15) is 15.2 Å². The number of ketones is 1. The van der Waals surface area contributed by atoms with Crippen LogP contribution < -0.4 is 14.2 Å². The topological polar surface area (TPSA) is 87.9 Å². The summed E-state index contributed by atoms with van der Waals surface area (Å²) in [4.78, 5) is 23.9. The van der Waals surface area contributed by atoms with Crippen molar-refractivity contribution in [3.8, 4) is 17.2 Å². The molecule has 2 aromatic carbocycles. The van der Waals surface area contributed by atoms with Gasteiger partial charge in [-0.2, -0.15) is 0 Å². The molecule has 0 amide bonds. The average molecular weight is 373 g/mol. The van der Waals surface area contributed by atoms with Crippen molar-refractivity contribution in [2.24, 2.45) is 0 Å². The van der Waals surface area contributed by atoms with Crippen LogP contribution in [-0.2, 0) is 0 Å². The molecule has 7 nitrogen and oxygen atoms in total. The van der Waals surface area contributed by atoms with Crippen LogP contribution in [0.25, 0.3) is 10.1 Å². The number of rotatable bonds is 6. The first kappa shape index (κ1) is 17.7. The Morgan fingerprint density at radius 3 is 2.27 bits per heavy atom. The van der Waals surface area contributed by atoms with Crippen molar-refractivity contribution in [2.75, 3.05) is 21.3 Å². The minimum atomic E-state index is -0.491. The molecule has 0 unspecified atom stereocenters. The summed E-state index contributed by atoms with van der Waals surface area (Å²) in [5, 5.41) is 11.7. The highest BCUT2D eigenvalue weighted by atomic mass is 32.1. The molecule has 0 bridgehead atoms. The molecule has 3 aromatic rings. The van der Waals surface area contributed by atoms with Crippen molar-refractivity contribution in [3.63, 3.8) is 0 Å². The third-order valence-corrected chi connectivity index (χ3v) is 5.03. The summed E-state index contributed by atoms with van der Waals surface area (Å²) in [7, 11) is 4.45. The van der Waals surface area contributed by atoms with Crippen LogP contribution in [0.2, 0.25) is 0 Å². The van der Waals surface area contributed by atoms with E-state index in [4.69, 9.17) is 14.2 Å². The summed E-state index contributed by atoms with van der Waals surface area (Å²) in [5.74, 6) is 1.13. The molecular weight excluding hydrogens is 358 g/mol. The van der Waals surface area contributed by atoms with Crippen LogP contribution in [0, 0.1) is 10.1 Å². The number of methoxy groups -OCH3 is 3. The van der Waals surface area contributed by atoms with Crippen molar-refractivity contribution in [2.45, 2.75) is 0 Å². The quantitative estimate of drug-likeness (QED) is 0.368. The van der Waals surface area contributed by atoms with E-state index in [9.17, 15) is 14.9 Å². The molecule has 0 N–H and O–H groups in total. The molecule has 0 aliphatic carbocycles. The van der Waals surface area contributed by atoms with Crippen LogP contribution in [0.4, 0.5) is 5.69 Å². The number of nitro groups is 1. The van der Waals surface area contributed by atoms with Gasteiger partial charge in [-0.05, 0) is 24.3 Å². The third kappa shape index (κ3) is 3.06. The molecule has 134 valence electrons. The van der Waals surface area contributed by atoms with E-state index in [-0.39, 0.29) is 11.5 Å². The number of non-ortho nitro benzene ring substituents is 1. The minimum absolute atomic E-state index is 0.0859. The fourth-order valence-electron chi connectivity index (χ4n) is 2.59. The number of ether oxygens (including phenoxy) is 3. The fourth-order valence-corrected chi connectivity index (χ4v) is 3.69. The van der Waals surface area contributed by atoms with E-state index in [1.807, 2.05) is 0 Å². The molecule has 0 atom stereocenters. The molecule has 3 rings (SSSR count). The number of hydrogen-bond donors (Lipinski definition) is 0. The number of nitro benzene ring substituents is 1. The Labute approximate surface area is 152 Å². The summed E-state index contributed by atoms with van der Waals surface area (Å²) >= 11 is 1.23. The Morgan fingerprint density at radius 1 is 0.962 bits per heavy atom. The molecule has 8 heteroatoms. The first-order valence-electron chi connectivity index (χ1n) is 7.51. The number of carbonyl (C=O) groups excluding carboxylic acids is 1. The predicted octanol–water partition coefficient (Wildman–Crippen LogP) is 4.07. The number of hydrogen-bond acceptors (Lipinski definition) is 7. The van der Waals surface area contributed by atoms with Crippen LogP contribution in [0.5, 0.6) is 17.2 Å². The third-order valence-electron chi connectivity index (χ3n) is 3.87. The van der Waals surface area contributed by atoms with Gasteiger partial charge in [0.2, 0.25) is 5.78 Å². The van der Waals surface area contributed by atoms with E-state index in [0.29, 0.717) is 37.8 Å². The highest BCUT2D eigenvalue weighted by Crippen LogP contribution is 2.38. The normalized spacial score (nSPS) is 10.6. The Balaban J connectivity index is 2.08. The molecule has 0 fully saturated rings. The Kier molecular flexibility index (Phi) is 4.77. The summed E-state index contributed by atoms with van der Waals surface area (Å²) < 4.78 is 16.3. The highest BCUT2D eigenvalue weighted by molar-refractivity contribution is 7.21. The molecule has 0 spiro atoms. The zero-order chi connectivity index (χ0) is 18.8. The minimum Gasteiger partial charge on any atom is -0.495 e. The summed E-state index contributed by atoms with van der Waals surface area (Å²) in [6, 6.07) is 9.32. The first-order valence-corrected chi connectivity index (χ1v) is 8.32. The number of carbonyl (C=O) groups is 1. The van der Waals surface area contributed by atoms with Crippen molar-refractivity contribution >= 4 is 32.9 Å². The maximum Gasteiger partial charge on any atom is 0.273 e. The Bertz CT molecular complexity index is 1010. The van der Waals surface area contributed by atoms with Crippen LogP contribution in [0.15, 0.2) is 36.4 Å². The van der Waals surface area contributed by atoms with Gasteiger partial charge in [-0.15, -0.1) is 11.3 Å². The first-order chi connectivity index (χ1) is 12.5. The van der Waals surface area contributed by atoms with Crippen LogP contribution >= 0.6 is 11.3 Å². The van der Waals surface area contributed by atoms with Gasteiger partial charge in [0.1, 0.15) is 5.75 Å². The number of nitrogens with zero attached hydrogens (tertiary/aromatic N) is 1. The highest BCUT2D eigenvalue weighted by Gasteiger charge is 2.19. The van der Waals surface area contributed by atoms with Crippen molar-refractivity contribution in [1.29, 1.82) is 0 Å². The van der Waals surface area contributed by atoms with Gasteiger partial charge in [-0.1, -0.05) is 0 Å². The summed E-state index contributed by atoms with van der Waals surface area (Å²) in [6.45, 7) is 0. The van der Waals surface area contributed by atoms with Crippen LogP contribution in [0.3, 0.4) is 0 Å². The SMILES string of the molecule is COc1ccc(C(=O)c2cc3cc([N+](=O)[O-])cc(OC)c3s2)cc1OC. The smallest absolute Gasteiger partial charge is 0.273 e. The van der Waals surface area contributed by atoms with Crippen molar-refractivity contribution in [3.05, 3.63) is 57.0 Å². The lowest BCUT2D eigenvalue weighted by atomic mass is 10.1. The maximum absolute atomic E-state index is 12.8.